The number of amides is 2. The second-order valence-electron chi connectivity index (χ2n) is 12.4. The summed E-state index contributed by atoms with van der Waals surface area (Å²) in [6.07, 6.45) is 2.62. The Morgan fingerprint density at radius 3 is 2.24 bits per heavy atom. The summed E-state index contributed by atoms with van der Waals surface area (Å²) in [5.41, 5.74) is 2.84. The first-order valence-electron chi connectivity index (χ1n) is 15.1. The molecular formula is C36H38ClN3O4S. The Balaban J connectivity index is 1.46. The summed E-state index contributed by atoms with van der Waals surface area (Å²) in [5.74, 6) is 0.578. The van der Waals surface area contributed by atoms with Crippen LogP contribution >= 0.6 is 22.9 Å². The maximum Gasteiger partial charge on any atom is 0.410 e. The molecule has 0 spiro atoms. The minimum atomic E-state index is -0.568. The van der Waals surface area contributed by atoms with Gasteiger partial charge in [-0.1, -0.05) is 60.1 Å². The fourth-order valence-corrected chi connectivity index (χ4v) is 7.35. The van der Waals surface area contributed by atoms with E-state index >= 15 is 0 Å². The van der Waals surface area contributed by atoms with Crippen LogP contribution in [0.2, 0.25) is 5.02 Å². The molecule has 1 saturated carbocycles. The largest absolute Gasteiger partial charge is 0.496 e. The lowest BCUT2D eigenvalue weighted by molar-refractivity contribution is 0.0144. The highest BCUT2D eigenvalue weighted by atomic mass is 35.5. The smallest absolute Gasteiger partial charge is 0.410 e. The molecule has 9 heteroatoms. The van der Waals surface area contributed by atoms with Gasteiger partial charge in [0, 0.05) is 41.3 Å². The van der Waals surface area contributed by atoms with Gasteiger partial charge in [0.15, 0.2) is 5.69 Å². The summed E-state index contributed by atoms with van der Waals surface area (Å²) in [4.78, 5) is 34.9. The lowest BCUT2D eigenvalue weighted by Crippen LogP contribution is -2.47. The second-order valence-corrected chi connectivity index (χ2v) is 13.8. The van der Waals surface area contributed by atoms with E-state index in [1.54, 1.807) is 31.2 Å². The van der Waals surface area contributed by atoms with Crippen LogP contribution in [0.4, 0.5) is 10.5 Å². The van der Waals surface area contributed by atoms with Crippen LogP contribution < -0.4 is 4.74 Å². The number of fused-ring (bicyclic) bond motifs is 1. The number of hydrogen-bond donors (Lipinski definition) is 0. The van der Waals surface area contributed by atoms with Crippen LogP contribution in [-0.4, -0.2) is 53.6 Å². The lowest BCUT2D eigenvalue weighted by Gasteiger charge is -2.40. The average molecular weight is 644 g/mol. The molecule has 0 aliphatic heterocycles. The number of rotatable bonds is 7. The summed E-state index contributed by atoms with van der Waals surface area (Å²) in [5, 5.41) is 1.35. The summed E-state index contributed by atoms with van der Waals surface area (Å²) < 4.78 is 12.4. The van der Waals surface area contributed by atoms with Crippen LogP contribution in [0.15, 0.2) is 66.7 Å². The zero-order valence-electron chi connectivity index (χ0n) is 26.3. The molecule has 0 N–H and O–H groups in total. The number of benzene rings is 3. The fourth-order valence-electron chi connectivity index (χ4n) is 5.88. The Morgan fingerprint density at radius 1 is 0.978 bits per heavy atom. The minimum Gasteiger partial charge on any atom is -0.496 e. The molecule has 1 aromatic heterocycles. The third-order valence-corrected chi connectivity index (χ3v) is 9.94. The molecule has 3 aromatic carbocycles. The first-order chi connectivity index (χ1) is 21.5. The number of carbonyl (C=O) groups excluding carboxylic acids is 2. The first-order valence-corrected chi connectivity index (χ1v) is 16.3. The van der Waals surface area contributed by atoms with Crippen molar-refractivity contribution in [1.82, 2.24) is 9.80 Å². The van der Waals surface area contributed by atoms with Crippen molar-refractivity contribution in [3.63, 3.8) is 0 Å². The topological polar surface area (TPSA) is 63.4 Å². The van der Waals surface area contributed by atoms with Gasteiger partial charge in [0.25, 0.3) is 5.91 Å². The molecule has 0 saturated heterocycles. The summed E-state index contributed by atoms with van der Waals surface area (Å²) in [6, 6.07) is 21.2. The number of thiophene rings is 1. The van der Waals surface area contributed by atoms with E-state index in [-0.39, 0.29) is 24.1 Å². The molecule has 45 heavy (non-hydrogen) atoms. The van der Waals surface area contributed by atoms with E-state index in [4.69, 9.17) is 27.6 Å². The van der Waals surface area contributed by atoms with E-state index in [0.717, 1.165) is 52.5 Å². The molecule has 1 heterocycles. The molecule has 1 aliphatic rings. The highest BCUT2D eigenvalue weighted by Gasteiger charge is 2.35. The predicted octanol–water partition coefficient (Wildman–Crippen LogP) is 9.60. The van der Waals surface area contributed by atoms with Gasteiger partial charge < -0.3 is 19.3 Å². The number of methoxy groups -OCH3 is 1. The molecule has 5 rings (SSSR count). The van der Waals surface area contributed by atoms with Crippen molar-refractivity contribution in [2.24, 2.45) is 0 Å². The highest BCUT2D eigenvalue weighted by Crippen LogP contribution is 2.39. The molecule has 0 atom stereocenters. The zero-order chi connectivity index (χ0) is 32.3. The van der Waals surface area contributed by atoms with Crippen LogP contribution in [0.3, 0.4) is 0 Å². The van der Waals surface area contributed by atoms with Crippen LogP contribution in [0.1, 0.15) is 61.7 Å². The Hall–Kier alpha value is -4.06. The maximum atomic E-state index is 14.4. The van der Waals surface area contributed by atoms with Gasteiger partial charge in [0.05, 0.1) is 18.7 Å². The van der Waals surface area contributed by atoms with E-state index in [0.29, 0.717) is 27.9 Å². The molecule has 1 aliphatic carbocycles. The standard InChI is InChI=1S/C36H38ClN3O4S/c1-36(2,3)44-35(42)39(5)27-16-18-28(19-17-27)40(34(41)33-32(37)29-9-7-8-10-31(29)45-33)22-25-21-24(13-20-30(25)43-6)23-11-14-26(38-4)15-12-23/h7-15,20-21,27-28H,16-19,22H2,1-3,5-6H3. The Labute approximate surface area is 274 Å². The molecule has 7 nitrogen and oxygen atoms in total. The van der Waals surface area contributed by atoms with Crippen LogP contribution in [-0.2, 0) is 11.3 Å². The Bertz CT molecular complexity index is 1730. The van der Waals surface area contributed by atoms with Gasteiger partial charge in [-0.2, -0.15) is 0 Å². The molecule has 0 unspecified atom stereocenters. The molecule has 0 radical (unpaired) electrons. The number of ether oxygens (including phenoxy) is 2. The van der Waals surface area contributed by atoms with E-state index in [9.17, 15) is 9.59 Å². The van der Waals surface area contributed by atoms with Gasteiger partial charge in [-0.3, -0.25) is 4.79 Å². The van der Waals surface area contributed by atoms with Gasteiger partial charge in [-0.15, -0.1) is 11.3 Å². The van der Waals surface area contributed by atoms with E-state index in [2.05, 4.69) is 10.9 Å². The van der Waals surface area contributed by atoms with Gasteiger partial charge in [-0.05, 0) is 75.8 Å². The Morgan fingerprint density at radius 2 is 1.62 bits per heavy atom. The van der Waals surface area contributed by atoms with E-state index < -0.39 is 5.60 Å². The van der Waals surface area contributed by atoms with Crippen molar-refractivity contribution < 1.29 is 19.1 Å². The maximum absolute atomic E-state index is 14.4. The third kappa shape index (κ3) is 7.27. The highest BCUT2D eigenvalue weighted by molar-refractivity contribution is 7.21. The number of carbonyl (C=O) groups is 2. The quantitative estimate of drug-likeness (QED) is 0.188. The van der Waals surface area contributed by atoms with Gasteiger partial charge in [0.2, 0.25) is 0 Å². The fraction of sp³-hybridized carbons (Fsp3) is 0.361. The molecule has 2 amide bonds. The molecule has 234 valence electrons. The number of hydrogen-bond acceptors (Lipinski definition) is 5. The monoisotopic (exact) mass is 643 g/mol. The van der Waals surface area contributed by atoms with E-state index in [1.807, 2.05) is 74.2 Å². The lowest BCUT2D eigenvalue weighted by atomic mass is 9.89. The van der Waals surface area contributed by atoms with Gasteiger partial charge >= 0.3 is 6.09 Å². The minimum absolute atomic E-state index is 0.0252. The van der Waals surface area contributed by atoms with Crippen LogP contribution in [0.25, 0.3) is 26.1 Å². The van der Waals surface area contributed by atoms with Crippen molar-refractivity contribution >= 4 is 50.7 Å². The predicted molar refractivity (Wildman–Crippen MR) is 181 cm³/mol. The third-order valence-electron chi connectivity index (χ3n) is 8.28. The van der Waals surface area contributed by atoms with Crippen LogP contribution in [0, 0.1) is 6.57 Å². The molecule has 1 fully saturated rings. The summed E-state index contributed by atoms with van der Waals surface area (Å²) >= 11 is 8.25. The summed E-state index contributed by atoms with van der Waals surface area (Å²) in [7, 11) is 3.43. The Kier molecular flexibility index (Phi) is 9.71. The van der Waals surface area contributed by atoms with E-state index in [1.165, 1.54) is 11.3 Å². The number of nitrogens with zero attached hydrogens (tertiary/aromatic N) is 3. The molecular weight excluding hydrogens is 606 g/mol. The molecule has 0 bridgehead atoms. The van der Waals surface area contributed by atoms with Gasteiger partial charge in [0.1, 0.15) is 16.2 Å². The summed E-state index contributed by atoms with van der Waals surface area (Å²) in [6.45, 7) is 13.2. The second kappa shape index (κ2) is 13.5. The van der Waals surface area contributed by atoms with Crippen LogP contribution in [0.5, 0.6) is 5.75 Å². The SMILES string of the molecule is [C-]#[N+]c1ccc(-c2ccc(OC)c(CN(C(=O)c3sc4ccccc4c3Cl)C3CCC(N(C)C(=O)OC(C)(C)C)CC3)c2)cc1. The average Bonchev–Trinajstić information content (AvgIpc) is 3.38. The molecule has 4 aromatic rings. The van der Waals surface area contributed by atoms with Crippen molar-refractivity contribution in [3.05, 3.63) is 93.6 Å². The first kappa shape index (κ1) is 32.3. The van der Waals surface area contributed by atoms with Crippen molar-refractivity contribution in [2.45, 2.75) is 70.7 Å². The van der Waals surface area contributed by atoms with Crippen molar-refractivity contribution in [1.29, 1.82) is 0 Å². The van der Waals surface area contributed by atoms with Crippen molar-refractivity contribution in [2.75, 3.05) is 14.2 Å². The normalized spacial score (nSPS) is 16.6. The van der Waals surface area contributed by atoms with Crippen molar-refractivity contribution in [3.8, 4) is 16.9 Å². The number of halogens is 1. The zero-order valence-corrected chi connectivity index (χ0v) is 27.9. The van der Waals surface area contributed by atoms with Gasteiger partial charge in [-0.25, -0.2) is 9.64 Å².